The molecule has 2 atom stereocenters. The molecule has 5 nitrogen and oxygen atoms in total. The van der Waals surface area contributed by atoms with Crippen LogP contribution >= 0.6 is 0 Å². The van der Waals surface area contributed by atoms with Crippen LogP contribution in [0.2, 0.25) is 0 Å². The van der Waals surface area contributed by atoms with Crippen LogP contribution in [-0.4, -0.2) is 16.1 Å². The number of fused-ring (bicyclic) bond motifs is 2. The van der Waals surface area contributed by atoms with Gasteiger partial charge in [0.1, 0.15) is 0 Å². The predicted molar refractivity (Wildman–Crippen MR) is 82.4 cm³/mol. The molecular formula is C18H20N2O3. The van der Waals surface area contributed by atoms with Crippen molar-refractivity contribution < 1.29 is 14.1 Å². The van der Waals surface area contributed by atoms with E-state index in [2.05, 4.69) is 24.0 Å². The van der Waals surface area contributed by atoms with Crippen molar-refractivity contribution in [1.82, 2.24) is 10.1 Å². The fourth-order valence-corrected chi connectivity index (χ4v) is 3.99. The van der Waals surface area contributed by atoms with Crippen LogP contribution in [0.3, 0.4) is 0 Å². The first-order valence-electron chi connectivity index (χ1n) is 7.99. The Kier molecular flexibility index (Phi) is 2.78. The van der Waals surface area contributed by atoms with Crippen LogP contribution in [0.5, 0.6) is 0 Å². The van der Waals surface area contributed by atoms with E-state index in [1.54, 1.807) is 0 Å². The Morgan fingerprint density at radius 1 is 1.13 bits per heavy atom. The summed E-state index contributed by atoms with van der Waals surface area (Å²) in [6.07, 6.45) is 2.12. The lowest BCUT2D eigenvalue weighted by Gasteiger charge is -2.33. The van der Waals surface area contributed by atoms with Crippen LogP contribution in [0.15, 0.2) is 34.9 Å². The van der Waals surface area contributed by atoms with Gasteiger partial charge in [-0.15, -0.1) is 0 Å². The molecule has 1 aliphatic carbocycles. The fourth-order valence-electron chi connectivity index (χ4n) is 3.99. The molecule has 5 heteroatoms. The van der Waals surface area contributed by atoms with Crippen LogP contribution in [0, 0.1) is 10.8 Å². The van der Waals surface area contributed by atoms with Gasteiger partial charge in [0.15, 0.2) is 11.4 Å². The second-order valence-corrected chi connectivity index (χ2v) is 7.35. The Morgan fingerprint density at radius 3 is 2.48 bits per heavy atom. The molecule has 23 heavy (non-hydrogen) atoms. The van der Waals surface area contributed by atoms with Crippen molar-refractivity contribution in [3.63, 3.8) is 0 Å². The third kappa shape index (κ3) is 1.70. The van der Waals surface area contributed by atoms with Gasteiger partial charge in [-0.1, -0.05) is 49.3 Å². The highest BCUT2D eigenvalue weighted by Gasteiger charge is 2.75. The maximum absolute atomic E-state index is 12.3. The minimum atomic E-state index is -0.791. The molecule has 120 valence electrons. The Bertz CT molecular complexity index is 768. The molecule has 2 heterocycles. The van der Waals surface area contributed by atoms with E-state index in [-0.39, 0.29) is 11.4 Å². The van der Waals surface area contributed by atoms with Crippen molar-refractivity contribution in [3.8, 4) is 0 Å². The van der Waals surface area contributed by atoms with Crippen molar-refractivity contribution in [2.24, 2.45) is 10.8 Å². The predicted octanol–water partition coefficient (Wildman–Crippen LogP) is 3.24. The third-order valence-electron chi connectivity index (χ3n) is 6.10. The van der Waals surface area contributed by atoms with Gasteiger partial charge in [0.05, 0.1) is 5.41 Å². The van der Waals surface area contributed by atoms with Gasteiger partial charge in [-0.25, -0.2) is 0 Å². The molecule has 1 saturated heterocycles. The molecule has 0 N–H and O–H groups in total. The summed E-state index contributed by atoms with van der Waals surface area (Å²) in [6.45, 7) is 6.10. The number of ether oxygens (including phenoxy) is 1. The van der Waals surface area contributed by atoms with E-state index < -0.39 is 11.0 Å². The molecule has 0 unspecified atom stereocenters. The topological polar surface area (TPSA) is 65.2 Å². The number of carbonyl (C=O) groups excluding carboxylic acids is 1. The number of hydrogen-bond donors (Lipinski definition) is 0. The Balaban J connectivity index is 1.69. The number of nitrogens with zero attached hydrogens (tertiary/aromatic N) is 2. The van der Waals surface area contributed by atoms with Gasteiger partial charge in [-0.05, 0) is 25.3 Å². The second-order valence-electron chi connectivity index (χ2n) is 7.35. The lowest BCUT2D eigenvalue weighted by atomic mass is 9.66. The zero-order chi connectivity index (χ0) is 16.3. The number of benzene rings is 1. The SMILES string of the molecule is CC1(C)[C@@]2(C)CC[C@@]1(c1nc(Cc3ccccc3)no1)OC2=O. The summed E-state index contributed by atoms with van der Waals surface area (Å²) in [6, 6.07) is 10.0. The molecule has 1 aliphatic heterocycles. The van der Waals surface area contributed by atoms with Crippen molar-refractivity contribution in [2.45, 2.75) is 45.6 Å². The summed E-state index contributed by atoms with van der Waals surface area (Å²) in [5.74, 6) is 0.896. The average molecular weight is 312 g/mol. The number of rotatable bonds is 3. The van der Waals surface area contributed by atoms with Gasteiger partial charge in [0, 0.05) is 11.8 Å². The number of hydrogen-bond acceptors (Lipinski definition) is 5. The number of aromatic nitrogens is 2. The largest absolute Gasteiger partial charge is 0.448 e. The molecule has 2 aromatic rings. The molecule has 0 spiro atoms. The van der Waals surface area contributed by atoms with E-state index >= 15 is 0 Å². The molecule has 2 fully saturated rings. The van der Waals surface area contributed by atoms with Gasteiger partial charge in [-0.3, -0.25) is 4.79 Å². The van der Waals surface area contributed by atoms with Crippen LogP contribution in [0.1, 0.15) is 50.9 Å². The van der Waals surface area contributed by atoms with E-state index in [0.717, 1.165) is 18.4 Å². The van der Waals surface area contributed by atoms with Crippen LogP contribution in [0.25, 0.3) is 0 Å². The Morgan fingerprint density at radius 2 is 1.87 bits per heavy atom. The molecule has 4 rings (SSSR count). The fraction of sp³-hybridized carbons (Fsp3) is 0.500. The zero-order valence-electron chi connectivity index (χ0n) is 13.6. The number of carbonyl (C=O) groups is 1. The second kappa shape index (κ2) is 4.43. The van der Waals surface area contributed by atoms with Gasteiger partial charge in [0.2, 0.25) is 0 Å². The molecule has 0 amide bonds. The minimum absolute atomic E-state index is 0.156. The molecule has 0 radical (unpaired) electrons. The minimum Gasteiger partial charge on any atom is -0.448 e. The summed E-state index contributed by atoms with van der Waals surface area (Å²) in [7, 11) is 0. The molecule has 1 saturated carbocycles. The van der Waals surface area contributed by atoms with Crippen molar-refractivity contribution in [3.05, 3.63) is 47.6 Å². The smallest absolute Gasteiger partial charge is 0.313 e. The van der Waals surface area contributed by atoms with Crippen molar-refractivity contribution >= 4 is 5.97 Å². The third-order valence-corrected chi connectivity index (χ3v) is 6.10. The van der Waals surface area contributed by atoms with E-state index in [1.807, 2.05) is 37.3 Å². The summed E-state index contributed by atoms with van der Waals surface area (Å²) >= 11 is 0. The summed E-state index contributed by atoms with van der Waals surface area (Å²) < 4.78 is 11.3. The first kappa shape index (κ1) is 14.4. The monoisotopic (exact) mass is 312 g/mol. The normalized spacial score (nSPS) is 31.3. The highest BCUT2D eigenvalue weighted by Crippen LogP contribution is 2.69. The molecule has 2 aliphatic rings. The van der Waals surface area contributed by atoms with E-state index in [1.165, 1.54) is 0 Å². The highest BCUT2D eigenvalue weighted by molar-refractivity contribution is 5.82. The van der Waals surface area contributed by atoms with Gasteiger partial charge < -0.3 is 9.26 Å². The maximum Gasteiger partial charge on any atom is 0.313 e. The van der Waals surface area contributed by atoms with Crippen LogP contribution < -0.4 is 0 Å². The molecule has 1 aromatic heterocycles. The van der Waals surface area contributed by atoms with Crippen LogP contribution in [0.4, 0.5) is 0 Å². The lowest BCUT2D eigenvalue weighted by molar-refractivity contribution is -0.163. The summed E-state index contributed by atoms with van der Waals surface area (Å²) in [4.78, 5) is 16.9. The highest BCUT2D eigenvalue weighted by atomic mass is 16.6. The quantitative estimate of drug-likeness (QED) is 0.814. The Labute approximate surface area is 135 Å². The lowest BCUT2D eigenvalue weighted by Crippen LogP contribution is -2.39. The summed E-state index contributed by atoms with van der Waals surface area (Å²) in [5.41, 5.74) is -0.522. The number of esters is 1. The standard InChI is InChI=1S/C18H20N2O3/c1-16(2)17(3)9-10-18(16,22-15(17)21)14-19-13(20-23-14)11-12-7-5-4-6-8-12/h4-8H,9-11H2,1-3H3/t17-,18-/m0/s1. The average Bonchev–Trinajstić information content (AvgIpc) is 3.10. The van der Waals surface area contributed by atoms with Gasteiger partial charge in [-0.2, -0.15) is 4.98 Å². The summed E-state index contributed by atoms with van der Waals surface area (Å²) in [5, 5.41) is 4.10. The van der Waals surface area contributed by atoms with Gasteiger partial charge in [0.25, 0.3) is 5.89 Å². The molecule has 1 aromatic carbocycles. The van der Waals surface area contributed by atoms with E-state index in [4.69, 9.17) is 9.26 Å². The van der Waals surface area contributed by atoms with Crippen molar-refractivity contribution in [2.75, 3.05) is 0 Å². The first-order chi connectivity index (χ1) is 10.9. The zero-order valence-corrected chi connectivity index (χ0v) is 13.6. The molecular weight excluding hydrogens is 292 g/mol. The van der Waals surface area contributed by atoms with E-state index in [9.17, 15) is 4.79 Å². The first-order valence-corrected chi connectivity index (χ1v) is 7.99. The van der Waals surface area contributed by atoms with E-state index in [0.29, 0.717) is 18.1 Å². The Hall–Kier alpha value is -2.17. The molecule has 2 bridgehead atoms. The van der Waals surface area contributed by atoms with Crippen LogP contribution in [-0.2, 0) is 21.6 Å². The maximum atomic E-state index is 12.3. The van der Waals surface area contributed by atoms with Crippen molar-refractivity contribution in [1.29, 1.82) is 0 Å². The van der Waals surface area contributed by atoms with Gasteiger partial charge >= 0.3 is 5.97 Å².